The molecule has 0 spiro atoms. The molecule has 4 aromatic rings. The molecule has 9 heteroatoms. The van der Waals surface area contributed by atoms with Crippen LogP contribution in [0.5, 0.6) is 0 Å². The number of imidazole rings is 1. The molecule has 0 saturated heterocycles. The van der Waals surface area contributed by atoms with Crippen LogP contribution in [0.15, 0.2) is 36.7 Å². The van der Waals surface area contributed by atoms with Crippen LogP contribution in [0.4, 0.5) is 0 Å². The second-order valence-corrected chi connectivity index (χ2v) is 9.69. The molecule has 1 aliphatic rings. The molecule has 1 aliphatic heterocycles. The van der Waals surface area contributed by atoms with Crippen LogP contribution < -0.4 is 5.32 Å². The van der Waals surface area contributed by atoms with Crippen molar-refractivity contribution in [2.45, 2.75) is 53.1 Å². The first-order valence-electron chi connectivity index (χ1n) is 12.0. The van der Waals surface area contributed by atoms with Gasteiger partial charge in [-0.2, -0.15) is 5.10 Å². The molecule has 1 N–H and O–H groups in total. The van der Waals surface area contributed by atoms with Crippen molar-refractivity contribution in [3.8, 4) is 11.4 Å². The van der Waals surface area contributed by atoms with Crippen LogP contribution in [0.3, 0.4) is 0 Å². The van der Waals surface area contributed by atoms with E-state index in [9.17, 15) is 4.79 Å². The molecule has 1 aromatic carbocycles. The van der Waals surface area contributed by atoms with Gasteiger partial charge in [-0.25, -0.2) is 19.6 Å². The lowest BCUT2D eigenvalue weighted by atomic mass is 9.82. The van der Waals surface area contributed by atoms with E-state index in [0.29, 0.717) is 24.4 Å². The SMILES string of the molecule is CCc1nc2ncc(C)cn2c1C(=O)NCc1ccc(-c2nc3n(n2)CCC(C)(COC)C3)cc1. The van der Waals surface area contributed by atoms with E-state index < -0.39 is 0 Å². The number of carbonyl (C=O) groups excluding carboxylic acids is 1. The normalized spacial score (nSPS) is 17.5. The molecular weight excluding hydrogens is 442 g/mol. The van der Waals surface area contributed by atoms with E-state index >= 15 is 0 Å². The quantitative estimate of drug-likeness (QED) is 0.442. The molecular formula is C26H31N7O2. The minimum atomic E-state index is -0.159. The van der Waals surface area contributed by atoms with E-state index in [1.165, 1.54) is 0 Å². The third-order valence-electron chi connectivity index (χ3n) is 6.65. The summed E-state index contributed by atoms with van der Waals surface area (Å²) in [6, 6.07) is 8.03. The fourth-order valence-electron chi connectivity index (χ4n) is 4.73. The van der Waals surface area contributed by atoms with Gasteiger partial charge >= 0.3 is 0 Å². The summed E-state index contributed by atoms with van der Waals surface area (Å²) in [6.07, 6.45) is 6.20. The molecule has 0 aliphatic carbocycles. The zero-order chi connectivity index (χ0) is 24.6. The first-order chi connectivity index (χ1) is 16.9. The number of fused-ring (bicyclic) bond motifs is 2. The fourth-order valence-corrected chi connectivity index (χ4v) is 4.73. The maximum Gasteiger partial charge on any atom is 0.270 e. The molecule has 35 heavy (non-hydrogen) atoms. The number of hydrogen-bond acceptors (Lipinski definition) is 6. The van der Waals surface area contributed by atoms with E-state index in [-0.39, 0.29) is 11.3 Å². The third kappa shape index (κ3) is 4.55. The standard InChI is InChI=1S/C26H31N7O2/c1-5-20-22(32-15-17(2)13-28-25(32)29-20)24(34)27-14-18-6-8-19(9-7-18)23-30-21-12-26(3,16-35-4)10-11-33(21)31-23/h6-9,13,15H,5,10-12,14,16H2,1-4H3,(H,27,34). The summed E-state index contributed by atoms with van der Waals surface area (Å²) in [4.78, 5) is 26.7. The average molecular weight is 474 g/mol. The van der Waals surface area contributed by atoms with Crippen molar-refractivity contribution in [2.75, 3.05) is 13.7 Å². The van der Waals surface area contributed by atoms with Gasteiger partial charge in [0.15, 0.2) is 5.82 Å². The lowest BCUT2D eigenvalue weighted by Crippen LogP contribution is -2.33. The predicted octanol–water partition coefficient (Wildman–Crippen LogP) is 3.39. The van der Waals surface area contributed by atoms with Gasteiger partial charge in [-0.3, -0.25) is 9.20 Å². The number of carbonyl (C=O) groups is 1. The molecule has 3 aromatic heterocycles. The van der Waals surface area contributed by atoms with Gasteiger partial charge in [0.25, 0.3) is 5.91 Å². The smallest absolute Gasteiger partial charge is 0.270 e. The number of aryl methyl sites for hydroxylation is 3. The Hall–Kier alpha value is -3.59. The van der Waals surface area contributed by atoms with Gasteiger partial charge in [-0.15, -0.1) is 0 Å². The van der Waals surface area contributed by atoms with Crippen LogP contribution in [0.1, 0.15) is 53.4 Å². The van der Waals surface area contributed by atoms with E-state index in [2.05, 4.69) is 22.2 Å². The van der Waals surface area contributed by atoms with Crippen molar-refractivity contribution in [3.05, 3.63) is 65.0 Å². The summed E-state index contributed by atoms with van der Waals surface area (Å²) in [7, 11) is 1.75. The highest BCUT2D eigenvalue weighted by atomic mass is 16.5. The monoisotopic (exact) mass is 473 g/mol. The van der Waals surface area contributed by atoms with Gasteiger partial charge in [0.05, 0.1) is 12.3 Å². The van der Waals surface area contributed by atoms with Crippen molar-refractivity contribution >= 4 is 11.7 Å². The maximum absolute atomic E-state index is 13.1. The molecule has 1 atom stereocenters. The van der Waals surface area contributed by atoms with Gasteiger partial charge in [0, 0.05) is 44.6 Å². The Kier molecular flexibility index (Phi) is 6.10. The predicted molar refractivity (Wildman–Crippen MR) is 132 cm³/mol. The summed E-state index contributed by atoms with van der Waals surface area (Å²) >= 11 is 0. The number of nitrogens with one attached hydrogen (secondary N) is 1. The second-order valence-electron chi connectivity index (χ2n) is 9.69. The Morgan fingerprint density at radius 2 is 2.03 bits per heavy atom. The Balaban J connectivity index is 1.28. The minimum Gasteiger partial charge on any atom is -0.384 e. The Labute approximate surface area is 204 Å². The molecule has 9 nitrogen and oxygen atoms in total. The van der Waals surface area contributed by atoms with Gasteiger partial charge in [-0.1, -0.05) is 38.1 Å². The minimum absolute atomic E-state index is 0.102. The summed E-state index contributed by atoms with van der Waals surface area (Å²) in [5.74, 6) is 2.12. The van der Waals surface area contributed by atoms with Crippen LogP contribution in [0.25, 0.3) is 17.2 Å². The zero-order valence-electron chi connectivity index (χ0n) is 20.7. The molecule has 0 saturated carbocycles. The highest BCUT2D eigenvalue weighted by Crippen LogP contribution is 2.32. The van der Waals surface area contributed by atoms with Crippen LogP contribution in [-0.2, 0) is 30.7 Å². The maximum atomic E-state index is 13.1. The number of nitrogens with zero attached hydrogens (tertiary/aromatic N) is 6. The van der Waals surface area contributed by atoms with Crippen molar-refractivity contribution in [1.82, 2.24) is 34.4 Å². The van der Waals surface area contributed by atoms with Gasteiger partial charge in [0.2, 0.25) is 5.78 Å². The van der Waals surface area contributed by atoms with Crippen LogP contribution in [0.2, 0.25) is 0 Å². The lowest BCUT2D eigenvalue weighted by Gasteiger charge is -2.32. The number of benzene rings is 1. The average Bonchev–Trinajstić information content (AvgIpc) is 3.43. The van der Waals surface area contributed by atoms with Crippen LogP contribution in [-0.4, -0.2) is 48.8 Å². The Morgan fingerprint density at radius 3 is 2.77 bits per heavy atom. The van der Waals surface area contributed by atoms with Gasteiger partial charge in [-0.05, 0) is 36.3 Å². The number of hydrogen-bond donors (Lipinski definition) is 1. The van der Waals surface area contributed by atoms with E-state index in [0.717, 1.165) is 60.0 Å². The fraction of sp³-hybridized carbons (Fsp3) is 0.423. The molecule has 4 heterocycles. The van der Waals surface area contributed by atoms with E-state index in [4.69, 9.17) is 14.8 Å². The number of methoxy groups -OCH3 is 1. The highest BCUT2D eigenvalue weighted by molar-refractivity contribution is 5.94. The number of ether oxygens (including phenoxy) is 1. The summed E-state index contributed by atoms with van der Waals surface area (Å²) in [5, 5.41) is 7.75. The Bertz CT molecular complexity index is 1370. The Morgan fingerprint density at radius 1 is 1.23 bits per heavy atom. The van der Waals surface area contributed by atoms with Crippen LogP contribution >= 0.6 is 0 Å². The van der Waals surface area contributed by atoms with E-state index in [1.807, 2.05) is 49.0 Å². The lowest BCUT2D eigenvalue weighted by molar-refractivity contribution is 0.0692. The van der Waals surface area contributed by atoms with Crippen molar-refractivity contribution in [2.24, 2.45) is 5.41 Å². The van der Waals surface area contributed by atoms with Crippen LogP contribution in [0, 0.1) is 12.3 Å². The first-order valence-corrected chi connectivity index (χ1v) is 12.0. The van der Waals surface area contributed by atoms with E-state index in [1.54, 1.807) is 17.7 Å². The largest absolute Gasteiger partial charge is 0.384 e. The first kappa shape index (κ1) is 23.2. The molecule has 1 unspecified atom stereocenters. The van der Waals surface area contributed by atoms with Crippen molar-refractivity contribution in [1.29, 1.82) is 0 Å². The molecule has 5 rings (SSSR count). The van der Waals surface area contributed by atoms with Gasteiger partial charge < -0.3 is 10.1 Å². The highest BCUT2D eigenvalue weighted by Gasteiger charge is 2.32. The molecule has 182 valence electrons. The molecule has 0 radical (unpaired) electrons. The summed E-state index contributed by atoms with van der Waals surface area (Å²) in [5.41, 5.74) is 4.33. The zero-order valence-corrected chi connectivity index (χ0v) is 20.7. The molecule has 0 fully saturated rings. The number of aromatic nitrogens is 6. The topological polar surface area (TPSA) is 99.2 Å². The molecule has 1 amide bonds. The van der Waals surface area contributed by atoms with Crippen molar-refractivity contribution in [3.63, 3.8) is 0 Å². The van der Waals surface area contributed by atoms with Gasteiger partial charge in [0.1, 0.15) is 11.5 Å². The summed E-state index contributed by atoms with van der Waals surface area (Å²) < 4.78 is 9.20. The third-order valence-corrected chi connectivity index (χ3v) is 6.65. The second kappa shape index (κ2) is 9.22. The number of rotatable bonds is 7. The molecule has 0 bridgehead atoms. The summed E-state index contributed by atoms with van der Waals surface area (Å²) in [6.45, 7) is 8.17. The number of amides is 1. The van der Waals surface area contributed by atoms with Crippen molar-refractivity contribution < 1.29 is 9.53 Å².